The van der Waals surface area contributed by atoms with E-state index in [0.717, 1.165) is 11.5 Å². The molecule has 2 aliphatic carbocycles. The van der Waals surface area contributed by atoms with Crippen LogP contribution in [-0.2, 0) is 29.2 Å². The molecule has 2 saturated carbocycles. The molecular formula is C33H41N5O8S. The van der Waals surface area contributed by atoms with E-state index in [1.54, 1.807) is 19.4 Å². The van der Waals surface area contributed by atoms with Crippen molar-refractivity contribution in [3.05, 3.63) is 55.8 Å². The molecule has 4 amide bonds. The van der Waals surface area contributed by atoms with Crippen molar-refractivity contribution < 1.29 is 37.1 Å². The molecular weight excluding hydrogens is 626 g/mol. The Balaban J connectivity index is 1.42. The van der Waals surface area contributed by atoms with E-state index in [9.17, 15) is 27.6 Å². The molecule has 3 N–H and O–H groups in total. The van der Waals surface area contributed by atoms with Gasteiger partial charge in [-0.05, 0) is 67.3 Å². The summed E-state index contributed by atoms with van der Waals surface area (Å²) in [6, 6.07) is 5.17. The smallest absolute Gasteiger partial charge is 0.259 e. The Morgan fingerprint density at radius 3 is 2.53 bits per heavy atom. The van der Waals surface area contributed by atoms with Crippen LogP contribution in [0.15, 0.2) is 55.8 Å². The van der Waals surface area contributed by atoms with Crippen molar-refractivity contribution in [1.29, 1.82) is 0 Å². The van der Waals surface area contributed by atoms with Gasteiger partial charge < -0.3 is 25.0 Å². The number of methoxy groups -OCH3 is 1. The summed E-state index contributed by atoms with van der Waals surface area (Å²) in [5, 5.41) is 6.34. The zero-order valence-corrected chi connectivity index (χ0v) is 27.5. The summed E-state index contributed by atoms with van der Waals surface area (Å²) < 4.78 is 39.0. The third-order valence-electron chi connectivity index (χ3n) is 8.82. The summed E-state index contributed by atoms with van der Waals surface area (Å²) in [6.07, 6.45) is 4.91. The van der Waals surface area contributed by atoms with Crippen LogP contribution in [0.5, 0.6) is 11.6 Å². The van der Waals surface area contributed by atoms with Crippen LogP contribution in [-0.4, -0.2) is 84.6 Å². The molecule has 1 aromatic carbocycles. The second-order valence-electron chi connectivity index (χ2n) is 12.8. The van der Waals surface area contributed by atoms with E-state index in [1.165, 1.54) is 11.0 Å². The number of pyridine rings is 1. The van der Waals surface area contributed by atoms with E-state index in [2.05, 4.69) is 33.5 Å². The number of rotatable bonds is 14. The number of nitrogens with one attached hydrogen (secondary N) is 3. The van der Waals surface area contributed by atoms with E-state index in [0.29, 0.717) is 36.3 Å². The third kappa shape index (κ3) is 7.27. The third-order valence-corrected chi connectivity index (χ3v) is 10.6. The second kappa shape index (κ2) is 13.3. The number of carbonyl (C=O) groups is 4. The molecule has 252 valence electrons. The maximum absolute atomic E-state index is 14.1. The van der Waals surface area contributed by atoms with Crippen LogP contribution < -0.4 is 24.8 Å². The van der Waals surface area contributed by atoms with Crippen molar-refractivity contribution >= 4 is 44.4 Å². The lowest BCUT2D eigenvalue weighted by atomic mass is 10.0. The summed E-state index contributed by atoms with van der Waals surface area (Å²) >= 11 is 0. The van der Waals surface area contributed by atoms with Gasteiger partial charge in [0.2, 0.25) is 33.6 Å². The molecule has 2 aromatic rings. The number of benzene rings is 1. The zero-order valence-electron chi connectivity index (χ0n) is 26.7. The Bertz CT molecular complexity index is 1710. The minimum atomic E-state index is -3.88. The first-order valence-electron chi connectivity index (χ1n) is 15.6. The van der Waals surface area contributed by atoms with Gasteiger partial charge in [-0.3, -0.25) is 23.9 Å². The first-order valence-corrected chi connectivity index (χ1v) is 17.2. The monoisotopic (exact) mass is 667 g/mol. The van der Waals surface area contributed by atoms with Gasteiger partial charge in [-0.1, -0.05) is 26.5 Å². The molecule has 14 heteroatoms. The average molecular weight is 668 g/mol. The highest BCUT2D eigenvalue weighted by Gasteiger charge is 2.62. The number of hydrogen-bond donors (Lipinski definition) is 3. The normalized spacial score (nSPS) is 24.3. The van der Waals surface area contributed by atoms with Gasteiger partial charge in [0.25, 0.3) is 5.91 Å². The van der Waals surface area contributed by atoms with E-state index in [4.69, 9.17) is 9.47 Å². The molecule has 5 rings (SSSR count). The van der Waals surface area contributed by atoms with E-state index in [-0.39, 0.29) is 25.3 Å². The molecule has 1 aromatic heterocycles. The SMILES string of the molecule is C=CC(=O)NC(CC(C)C)C(=O)N1CC(Oc2nccc3cc(OC)ccc23)CC1C(=O)NC1(C(=O)NS(=O)(=O)C2CC2)CC1C=C. The van der Waals surface area contributed by atoms with Gasteiger partial charge in [-0.25, -0.2) is 13.4 Å². The highest BCUT2D eigenvalue weighted by atomic mass is 32.2. The van der Waals surface area contributed by atoms with Crippen LogP contribution in [0.2, 0.25) is 0 Å². The van der Waals surface area contributed by atoms with Gasteiger partial charge in [0.15, 0.2) is 0 Å². The highest BCUT2D eigenvalue weighted by molar-refractivity contribution is 7.91. The Morgan fingerprint density at radius 2 is 1.91 bits per heavy atom. The molecule has 1 saturated heterocycles. The maximum atomic E-state index is 14.1. The number of fused-ring (bicyclic) bond motifs is 1. The van der Waals surface area contributed by atoms with Crippen molar-refractivity contribution in [2.24, 2.45) is 11.8 Å². The number of amides is 4. The van der Waals surface area contributed by atoms with Crippen LogP contribution >= 0.6 is 0 Å². The lowest BCUT2D eigenvalue weighted by molar-refractivity contribution is -0.142. The lowest BCUT2D eigenvalue weighted by Gasteiger charge is -2.30. The number of likely N-dealkylation sites (tertiary alicyclic amines) is 1. The van der Waals surface area contributed by atoms with Crippen LogP contribution in [0, 0.1) is 11.8 Å². The molecule has 1 aliphatic heterocycles. The number of carbonyl (C=O) groups excluding carboxylic acids is 4. The quantitative estimate of drug-likeness (QED) is 0.201. The van der Waals surface area contributed by atoms with Crippen molar-refractivity contribution in [2.45, 2.75) is 74.9 Å². The van der Waals surface area contributed by atoms with Crippen LogP contribution in [0.1, 0.15) is 46.0 Å². The highest BCUT2D eigenvalue weighted by Crippen LogP contribution is 2.45. The van der Waals surface area contributed by atoms with Crippen molar-refractivity contribution in [3.63, 3.8) is 0 Å². The maximum Gasteiger partial charge on any atom is 0.259 e. The Hall–Kier alpha value is -4.46. The first kappa shape index (κ1) is 33.9. The Kier molecular flexibility index (Phi) is 9.62. The number of sulfonamides is 1. The summed E-state index contributed by atoms with van der Waals surface area (Å²) in [7, 11) is -2.31. The van der Waals surface area contributed by atoms with Gasteiger partial charge in [-0.15, -0.1) is 6.58 Å². The molecule has 3 fully saturated rings. The summed E-state index contributed by atoms with van der Waals surface area (Å²) in [6.45, 7) is 11.0. The summed E-state index contributed by atoms with van der Waals surface area (Å²) in [5.74, 6) is -2.04. The van der Waals surface area contributed by atoms with Crippen molar-refractivity contribution in [1.82, 2.24) is 25.2 Å². The van der Waals surface area contributed by atoms with E-state index < -0.39 is 68.5 Å². The fourth-order valence-electron chi connectivity index (χ4n) is 6.02. The van der Waals surface area contributed by atoms with Crippen LogP contribution in [0.4, 0.5) is 0 Å². The minimum absolute atomic E-state index is 0.0101. The summed E-state index contributed by atoms with van der Waals surface area (Å²) in [4.78, 5) is 59.5. The molecule has 5 unspecified atom stereocenters. The molecule has 2 heterocycles. The van der Waals surface area contributed by atoms with Crippen molar-refractivity contribution in [2.75, 3.05) is 13.7 Å². The lowest BCUT2D eigenvalue weighted by Crippen LogP contribution is -2.58. The van der Waals surface area contributed by atoms with Crippen LogP contribution in [0.3, 0.4) is 0 Å². The van der Waals surface area contributed by atoms with Gasteiger partial charge in [-0.2, -0.15) is 0 Å². The largest absolute Gasteiger partial charge is 0.497 e. The molecule has 0 bridgehead atoms. The van der Waals surface area contributed by atoms with Crippen molar-refractivity contribution in [3.8, 4) is 11.6 Å². The molecule has 13 nitrogen and oxygen atoms in total. The predicted octanol–water partition coefficient (Wildman–Crippen LogP) is 1.98. The summed E-state index contributed by atoms with van der Waals surface area (Å²) in [5.41, 5.74) is -1.53. The molecule has 5 atom stereocenters. The Morgan fingerprint density at radius 1 is 1.17 bits per heavy atom. The number of nitrogens with zero attached hydrogens (tertiary/aromatic N) is 2. The standard InChI is InChI=1S/C33H41N5O8S/c1-6-21-17-33(21,32(42)37-47(43,44)24-9-10-24)36-29(40)27-16-23(18-38(27)31(41)26(14-19(3)4)35-28(39)7-2)46-30-25-11-8-22(45-5)15-20(25)12-13-34-30/h6-8,11-13,15,19,21,23-24,26-27H,1-2,9-10,14,16-18H2,3-5H3,(H,35,39)(H,36,40)(H,37,42). The van der Waals surface area contributed by atoms with E-state index >= 15 is 0 Å². The average Bonchev–Trinajstić information content (AvgIpc) is 3.96. The van der Waals surface area contributed by atoms with Gasteiger partial charge in [0, 0.05) is 23.9 Å². The van der Waals surface area contributed by atoms with Gasteiger partial charge >= 0.3 is 0 Å². The number of aromatic nitrogens is 1. The fourth-order valence-corrected chi connectivity index (χ4v) is 7.39. The predicted molar refractivity (Wildman–Crippen MR) is 174 cm³/mol. The number of hydrogen-bond acceptors (Lipinski definition) is 9. The molecule has 3 aliphatic rings. The van der Waals surface area contributed by atoms with Crippen LogP contribution in [0.25, 0.3) is 10.8 Å². The van der Waals surface area contributed by atoms with Gasteiger partial charge in [0.05, 0.1) is 18.9 Å². The zero-order chi connectivity index (χ0) is 34.1. The topological polar surface area (TPSA) is 173 Å². The molecule has 0 spiro atoms. The first-order chi connectivity index (χ1) is 22.3. The second-order valence-corrected chi connectivity index (χ2v) is 14.7. The molecule has 0 radical (unpaired) electrons. The minimum Gasteiger partial charge on any atom is -0.497 e. The Labute approximate surface area is 274 Å². The van der Waals surface area contributed by atoms with E-state index in [1.807, 2.05) is 32.0 Å². The molecule has 47 heavy (non-hydrogen) atoms. The number of ether oxygens (including phenoxy) is 2. The fraction of sp³-hybridized carbons (Fsp3) is 0.485. The van der Waals surface area contributed by atoms with Gasteiger partial charge in [0.1, 0.15) is 29.5 Å².